The molecule has 2 heterocycles. The Hall–Kier alpha value is -1.48. The summed E-state index contributed by atoms with van der Waals surface area (Å²) in [6.07, 6.45) is 0.544. The predicted octanol–water partition coefficient (Wildman–Crippen LogP) is -2.02. The zero-order valence-corrected chi connectivity index (χ0v) is 13.7. The number of fused-ring (bicyclic) bond motifs is 2. The van der Waals surface area contributed by atoms with Crippen molar-refractivity contribution >= 4 is 32.3 Å². The predicted molar refractivity (Wildman–Crippen MR) is 77.6 cm³/mol. The lowest BCUT2D eigenvalue weighted by molar-refractivity contribution is -0.0316. The van der Waals surface area contributed by atoms with Crippen molar-refractivity contribution in [1.29, 1.82) is 0 Å². The molecule has 0 aliphatic carbocycles. The molecule has 0 saturated carbocycles. The van der Waals surface area contributed by atoms with E-state index in [0.29, 0.717) is 5.06 Å². The van der Waals surface area contributed by atoms with Crippen molar-refractivity contribution in [2.45, 2.75) is 37.2 Å². The fourth-order valence-corrected chi connectivity index (χ4v) is 3.40. The fourth-order valence-electron chi connectivity index (χ4n) is 2.43. The normalized spacial score (nSPS) is 27.4. The summed E-state index contributed by atoms with van der Waals surface area (Å²) in [5.74, 6) is -0.317. The summed E-state index contributed by atoms with van der Waals surface area (Å²) in [5.41, 5.74) is 11.0. The highest BCUT2D eigenvalue weighted by molar-refractivity contribution is 7.90. The van der Waals surface area contributed by atoms with Crippen LogP contribution in [0.3, 0.4) is 0 Å². The molecular formula is C9H17N5O7S2. The smallest absolute Gasteiger partial charge is 0.385 e. The largest absolute Gasteiger partial charge is 0.418 e. The van der Waals surface area contributed by atoms with E-state index in [-0.39, 0.29) is 25.2 Å². The maximum atomic E-state index is 12.1. The lowest BCUT2D eigenvalue weighted by atomic mass is 10.0. The van der Waals surface area contributed by atoms with Crippen LogP contribution < -0.4 is 11.5 Å². The summed E-state index contributed by atoms with van der Waals surface area (Å²) in [6.45, 7) is 1.29. The first-order valence-electron chi connectivity index (χ1n) is 6.54. The minimum absolute atomic E-state index is 0.0630. The minimum Gasteiger partial charge on any atom is -0.385 e. The number of nitrogens with zero attached hydrogens (tertiary/aromatic N) is 3. The third-order valence-corrected chi connectivity index (χ3v) is 5.30. The molecule has 12 nitrogen and oxygen atoms in total. The molecular weight excluding hydrogens is 354 g/mol. The second-order valence-corrected chi connectivity index (χ2v) is 8.21. The number of rotatable bonds is 5. The van der Waals surface area contributed by atoms with Crippen LogP contribution in [0, 0.1) is 0 Å². The number of hydroxylamine groups is 2. The van der Waals surface area contributed by atoms with Gasteiger partial charge in [-0.05, 0) is 19.8 Å². The number of amidine groups is 1. The first kappa shape index (κ1) is 17.9. The molecule has 2 rings (SSSR count). The molecule has 0 aromatic rings. The molecule has 14 heteroatoms. The average molecular weight is 371 g/mol. The second kappa shape index (κ2) is 5.86. The van der Waals surface area contributed by atoms with E-state index in [1.165, 1.54) is 6.92 Å². The van der Waals surface area contributed by atoms with Gasteiger partial charge in [0.2, 0.25) is 0 Å². The highest BCUT2D eigenvalue weighted by Crippen LogP contribution is 2.30. The summed E-state index contributed by atoms with van der Waals surface area (Å²) in [7, 11) is -8.85. The van der Waals surface area contributed by atoms with E-state index < -0.39 is 43.9 Å². The Labute approximate surface area is 133 Å². The van der Waals surface area contributed by atoms with Crippen molar-refractivity contribution in [1.82, 2.24) is 9.96 Å². The van der Waals surface area contributed by atoms with Gasteiger partial charge in [0.1, 0.15) is 11.2 Å². The molecule has 132 valence electrons. The van der Waals surface area contributed by atoms with E-state index in [2.05, 4.69) is 8.68 Å². The Morgan fingerprint density at radius 3 is 2.52 bits per heavy atom. The Balaban J connectivity index is 2.24. The molecule has 5 N–H and O–H groups in total. The molecule has 2 aliphatic rings. The van der Waals surface area contributed by atoms with Gasteiger partial charge < -0.3 is 16.4 Å². The topological polar surface area (TPSA) is 186 Å². The number of nitrogens with two attached hydrogens (primary N) is 2. The number of hydrogen-bond donors (Lipinski definition) is 3. The zero-order chi connectivity index (χ0) is 17.6. The molecule has 0 spiro atoms. The van der Waals surface area contributed by atoms with E-state index in [0.717, 1.165) is 4.90 Å². The summed E-state index contributed by atoms with van der Waals surface area (Å²) < 4.78 is 61.3. The van der Waals surface area contributed by atoms with Crippen LogP contribution in [-0.4, -0.2) is 67.2 Å². The van der Waals surface area contributed by atoms with E-state index >= 15 is 0 Å². The van der Waals surface area contributed by atoms with Crippen molar-refractivity contribution in [2.75, 3.05) is 6.54 Å². The zero-order valence-electron chi connectivity index (χ0n) is 12.1. The molecule has 2 saturated heterocycles. The monoisotopic (exact) mass is 371 g/mol. The number of amides is 2. The molecule has 0 radical (unpaired) electrons. The lowest BCUT2D eigenvalue weighted by Gasteiger charge is -2.29. The molecule has 2 aliphatic heterocycles. The summed E-state index contributed by atoms with van der Waals surface area (Å²) in [5, 5.41) is -0.728. The van der Waals surface area contributed by atoms with Crippen LogP contribution in [0.15, 0.2) is 4.40 Å². The van der Waals surface area contributed by atoms with Crippen LogP contribution in [0.25, 0.3) is 0 Å². The van der Waals surface area contributed by atoms with Crippen molar-refractivity contribution in [2.24, 2.45) is 15.9 Å². The number of piperidine rings is 1. The van der Waals surface area contributed by atoms with Gasteiger partial charge in [0.15, 0.2) is 0 Å². The van der Waals surface area contributed by atoms with Crippen molar-refractivity contribution in [3.63, 3.8) is 0 Å². The van der Waals surface area contributed by atoms with Crippen LogP contribution in [0.1, 0.15) is 19.8 Å². The Kier molecular flexibility index (Phi) is 4.55. The van der Waals surface area contributed by atoms with Gasteiger partial charge in [0.05, 0.1) is 12.1 Å². The van der Waals surface area contributed by atoms with Crippen LogP contribution in [-0.2, 0) is 24.7 Å². The van der Waals surface area contributed by atoms with Gasteiger partial charge in [-0.15, -0.1) is 8.68 Å². The Bertz CT molecular complexity index is 731. The van der Waals surface area contributed by atoms with Gasteiger partial charge in [-0.25, -0.2) is 13.2 Å². The highest BCUT2D eigenvalue weighted by Gasteiger charge is 2.48. The van der Waals surface area contributed by atoms with Crippen molar-refractivity contribution in [3.8, 4) is 0 Å². The third-order valence-electron chi connectivity index (χ3n) is 3.54. The number of carbonyl (C=O) groups is 1. The summed E-state index contributed by atoms with van der Waals surface area (Å²) >= 11 is 0. The lowest BCUT2D eigenvalue weighted by Crippen LogP contribution is -2.48. The molecule has 2 fully saturated rings. The van der Waals surface area contributed by atoms with Gasteiger partial charge >= 0.3 is 16.4 Å². The number of carbonyl (C=O) groups excluding carboxylic acids is 1. The number of sulfonamides is 1. The Morgan fingerprint density at radius 2 is 2.00 bits per heavy atom. The molecule has 2 bridgehead atoms. The van der Waals surface area contributed by atoms with Crippen LogP contribution in [0.2, 0.25) is 0 Å². The maximum absolute atomic E-state index is 12.1. The van der Waals surface area contributed by atoms with Gasteiger partial charge in [0, 0.05) is 6.54 Å². The molecule has 3 atom stereocenters. The SMILES string of the molecule is CC(N)S(=O)(=O)N=C(N)[C@@H]1CC[C@@H]2CN1C(=O)N2OS(=O)(=O)O. The Morgan fingerprint density at radius 1 is 1.39 bits per heavy atom. The van der Waals surface area contributed by atoms with E-state index in [9.17, 15) is 21.6 Å². The quantitative estimate of drug-likeness (QED) is 0.278. The van der Waals surface area contributed by atoms with Gasteiger partial charge in [0.25, 0.3) is 10.0 Å². The van der Waals surface area contributed by atoms with Gasteiger partial charge in [-0.3, -0.25) is 4.55 Å². The highest BCUT2D eigenvalue weighted by atomic mass is 32.3. The molecule has 2 amide bonds. The van der Waals surface area contributed by atoms with Crippen molar-refractivity contribution < 1.29 is 30.5 Å². The molecule has 1 unspecified atom stereocenters. The van der Waals surface area contributed by atoms with Crippen molar-refractivity contribution in [3.05, 3.63) is 0 Å². The number of hydrogen-bond acceptors (Lipinski definition) is 7. The van der Waals surface area contributed by atoms with E-state index in [1.807, 2.05) is 0 Å². The first-order chi connectivity index (χ1) is 10.4. The van der Waals surface area contributed by atoms with E-state index in [1.54, 1.807) is 0 Å². The summed E-state index contributed by atoms with van der Waals surface area (Å²) in [6, 6.07) is -2.28. The average Bonchev–Trinajstić information content (AvgIpc) is 2.62. The second-order valence-electron chi connectivity index (χ2n) is 5.25. The first-order valence-corrected chi connectivity index (χ1v) is 9.41. The molecule has 0 aromatic carbocycles. The summed E-state index contributed by atoms with van der Waals surface area (Å²) in [4.78, 5) is 13.3. The fraction of sp³-hybridized carbons (Fsp3) is 0.778. The van der Waals surface area contributed by atoms with Crippen LogP contribution in [0.5, 0.6) is 0 Å². The standard InChI is InChI=1S/C9H17N5O7S2/c1-5(10)22(16,17)12-8(11)7-3-2-6-4-13(7)9(15)14(6)21-23(18,19)20/h5-7H,2-4,10H2,1H3,(H2,11,12)(H,18,19,20)/t5?,6-,7+/m1/s1. The molecule has 0 aromatic heterocycles. The number of urea groups is 1. The minimum atomic E-state index is -4.85. The van der Waals surface area contributed by atoms with E-state index in [4.69, 9.17) is 16.0 Å². The molecule has 23 heavy (non-hydrogen) atoms. The van der Waals surface area contributed by atoms with Crippen LogP contribution >= 0.6 is 0 Å². The van der Waals surface area contributed by atoms with Gasteiger partial charge in [-0.1, -0.05) is 0 Å². The van der Waals surface area contributed by atoms with Crippen LogP contribution in [0.4, 0.5) is 4.79 Å². The third kappa shape index (κ3) is 3.72. The maximum Gasteiger partial charge on any atom is 0.418 e. The van der Waals surface area contributed by atoms with Gasteiger partial charge in [-0.2, -0.15) is 13.5 Å².